The standard InChI is InChI=1S/C19H12ClF6N5O2S/c1-34(32,30-14-4-3-11(6-13(14)20)18(21,22)23)9-12-8-31-7-10(2-5-15(31)27-12)16-28-17(33-29-16)19(24,25)26/h2-8H,9H2,1H3. The maximum absolute atomic E-state index is 13.0. The van der Waals surface area contributed by atoms with E-state index in [0.717, 1.165) is 12.1 Å². The third kappa shape index (κ3) is 5.17. The molecule has 1 atom stereocenters. The molecule has 0 amide bonds. The minimum Gasteiger partial charge on any atom is -0.329 e. The van der Waals surface area contributed by atoms with Crippen LogP contribution in [0.1, 0.15) is 17.1 Å². The summed E-state index contributed by atoms with van der Waals surface area (Å²) in [4.78, 5) is 7.61. The summed E-state index contributed by atoms with van der Waals surface area (Å²) in [7, 11) is -3.01. The van der Waals surface area contributed by atoms with E-state index in [-0.39, 0.29) is 27.9 Å². The first kappa shape index (κ1) is 24.0. The van der Waals surface area contributed by atoms with Crippen LogP contribution in [0.5, 0.6) is 0 Å². The molecule has 1 unspecified atom stereocenters. The van der Waals surface area contributed by atoms with Gasteiger partial charge >= 0.3 is 18.2 Å². The molecule has 7 nitrogen and oxygen atoms in total. The van der Waals surface area contributed by atoms with Gasteiger partial charge in [-0.25, -0.2) is 9.19 Å². The lowest BCUT2D eigenvalue weighted by molar-refractivity contribution is -0.159. The van der Waals surface area contributed by atoms with E-state index in [0.29, 0.717) is 17.4 Å². The van der Waals surface area contributed by atoms with Crippen LogP contribution in [0, 0.1) is 0 Å². The van der Waals surface area contributed by atoms with Gasteiger partial charge in [-0.2, -0.15) is 35.7 Å². The second-order valence-corrected chi connectivity index (χ2v) is 9.99. The quantitative estimate of drug-likeness (QED) is 0.306. The molecule has 4 rings (SSSR count). The molecule has 4 aromatic rings. The average Bonchev–Trinajstić information content (AvgIpc) is 3.34. The molecule has 0 bridgehead atoms. The van der Waals surface area contributed by atoms with Crippen LogP contribution >= 0.6 is 11.6 Å². The number of halogens is 7. The largest absolute Gasteiger partial charge is 0.471 e. The van der Waals surface area contributed by atoms with Gasteiger partial charge in [0.1, 0.15) is 5.65 Å². The summed E-state index contributed by atoms with van der Waals surface area (Å²) in [5.41, 5.74) is -0.0966. The fraction of sp³-hybridized carbons (Fsp3) is 0.211. The van der Waals surface area contributed by atoms with Crippen LogP contribution in [0.2, 0.25) is 5.02 Å². The Hall–Kier alpha value is -3.13. The van der Waals surface area contributed by atoms with Crippen LogP contribution in [-0.2, 0) is 27.8 Å². The summed E-state index contributed by atoms with van der Waals surface area (Å²) in [6, 6.07) is 5.44. The maximum Gasteiger partial charge on any atom is 0.471 e. The number of hydrogen-bond acceptors (Lipinski definition) is 6. The molecular weight excluding hydrogens is 512 g/mol. The summed E-state index contributed by atoms with van der Waals surface area (Å²) in [6.45, 7) is 0. The molecule has 180 valence electrons. The van der Waals surface area contributed by atoms with Crippen LogP contribution in [0.3, 0.4) is 0 Å². The number of pyridine rings is 1. The molecule has 3 aromatic heterocycles. The molecule has 1 aromatic carbocycles. The van der Waals surface area contributed by atoms with Gasteiger partial charge in [0.25, 0.3) is 0 Å². The summed E-state index contributed by atoms with van der Waals surface area (Å²) < 4.78 is 99.1. The minimum atomic E-state index is -4.78. The van der Waals surface area contributed by atoms with Crippen molar-refractivity contribution in [1.29, 1.82) is 0 Å². The molecule has 0 fully saturated rings. The molecule has 0 aliphatic rings. The number of imidazole rings is 1. The highest BCUT2D eigenvalue weighted by Gasteiger charge is 2.38. The average molecular weight is 524 g/mol. The zero-order valence-corrected chi connectivity index (χ0v) is 18.4. The lowest BCUT2D eigenvalue weighted by atomic mass is 10.2. The Morgan fingerprint density at radius 3 is 2.41 bits per heavy atom. The number of rotatable bonds is 4. The fourth-order valence-corrected chi connectivity index (χ4v) is 4.57. The molecule has 34 heavy (non-hydrogen) atoms. The van der Waals surface area contributed by atoms with Crippen molar-refractivity contribution >= 4 is 32.7 Å². The van der Waals surface area contributed by atoms with Crippen molar-refractivity contribution in [3.8, 4) is 11.4 Å². The van der Waals surface area contributed by atoms with E-state index in [1.54, 1.807) is 0 Å². The second kappa shape index (κ2) is 8.27. The number of nitrogens with zero attached hydrogens (tertiary/aromatic N) is 5. The molecule has 3 heterocycles. The molecule has 0 saturated carbocycles. The van der Waals surface area contributed by atoms with E-state index in [1.807, 2.05) is 0 Å². The number of benzene rings is 1. The molecule has 0 aliphatic heterocycles. The zero-order valence-electron chi connectivity index (χ0n) is 16.9. The molecule has 0 radical (unpaired) electrons. The first-order chi connectivity index (χ1) is 15.7. The normalized spacial score (nSPS) is 14.4. The van der Waals surface area contributed by atoms with Gasteiger partial charge in [-0.15, -0.1) is 0 Å². The van der Waals surface area contributed by atoms with Crippen molar-refractivity contribution in [3.63, 3.8) is 0 Å². The van der Waals surface area contributed by atoms with Crippen LogP contribution < -0.4 is 0 Å². The number of aromatic nitrogens is 4. The van der Waals surface area contributed by atoms with Crippen LogP contribution in [0.25, 0.3) is 17.0 Å². The van der Waals surface area contributed by atoms with Crippen molar-refractivity contribution in [2.75, 3.05) is 6.26 Å². The Kier molecular flexibility index (Phi) is 5.84. The van der Waals surface area contributed by atoms with E-state index in [4.69, 9.17) is 11.6 Å². The number of hydrogen-bond donors (Lipinski definition) is 0. The number of alkyl halides is 6. The third-order valence-corrected chi connectivity index (χ3v) is 6.13. The summed E-state index contributed by atoms with van der Waals surface area (Å²) >= 11 is 5.89. The first-order valence-corrected chi connectivity index (χ1v) is 11.6. The molecule has 0 N–H and O–H groups in total. The number of fused-ring (bicyclic) bond motifs is 1. The predicted octanol–water partition coefficient (Wildman–Crippen LogP) is 6.00. The highest BCUT2D eigenvalue weighted by atomic mass is 35.5. The molecule has 0 aliphatic carbocycles. The van der Waals surface area contributed by atoms with E-state index < -0.39 is 33.5 Å². The van der Waals surface area contributed by atoms with Crippen LogP contribution in [0.15, 0.2) is 51.6 Å². The zero-order chi connectivity index (χ0) is 24.9. The van der Waals surface area contributed by atoms with Gasteiger partial charge in [0.05, 0.1) is 37.4 Å². The van der Waals surface area contributed by atoms with Crippen LogP contribution in [0.4, 0.5) is 32.0 Å². The van der Waals surface area contributed by atoms with Gasteiger partial charge in [-0.1, -0.05) is 16.8 Å². The Labute approximate surface area is 192 Å². The minimum absolute atomic E-state index is 0.0641. The molecule has 0 spiro atoms. The lowest BCUT2D eigenvalue weighted by Crippen LogP contribution is -2.04. The Balaban J connectivity index is 1.61. The van der Waals surface area contributed by atoms with Crippen molar-refractivity contribution in [2.45, 2.75) is 18.1 Å². The van der Waals surface area contributed by atoms with Gasteiger partial charge in [0.15, 0.2) is 0 Å². The topological polar surface area (TPSA) is 85.7 Å². The maximum atomic E-state index is 13.0. The van der Waals surface area contributed by atoms with Crippen molar-refractivity contribution in [1.82, 2.24) is 19.5 Å². The Morgan fingerprint density at radius 1 is 1.06 bits per heavy atom. The van der Waals surface area contributed by atoms with Gasteiger partial charge in [-0.05, 0) is 30.3 Å². The Morgan fingerprint density at radius 2 is 1.79 bits per heavy atom. The summed E-state index contributed by atoms with van der Waals surface area (Å²) in [5.74, 6) is -1.93. The molecule has 0 saturated heterocycles. The Bertz CT molecular complexity index is 1500. The SMILES string of the molecule is CS(=O)(Cc1cn2cc(-c3noc(C(F)(F)F)n3)ccc2n1)=Nc1ccc(C(F)(F)F)cc1Cl. The van der Waals surface area contributed by atoms with E-state index >= 15 is 0 Å². The summed E-state index contributed by atoms with van der Waals surface area (Å²) in [6.07, 6.45) is -5.16. The van der Waals surface area contributed by atoms with E-state index in [2.05, 4.69) is 24.0 Å². The fourth-order valence-electron chi connectivity index (χ4n) is 2.97. The first-order valence-electron chi connectivity index (χ1n) is 9.17. The highest BCUT2D eigenvalue weighted by Crippen LogP contribution is 2.35. The second-order valence-electron chi connectivity index (χ2n) is 7.20. The van der Waals surface area contributed by atoms with Crippen molar-refractivity contribution < 1.29 is 35.1 Å². The third-order valence-electron chi connectivity index (χ3n) is 4.41. The van der Waals surface area contributed by atoms with Gasteiger partial charge in [0.2, 0.25) is 5.82 Å². The molecular formula is C19H12ClF6N5O2S. The lowest BCUT2D eigenvalue weighted by Gasteiger charge is -2.08. The van der Waals surface area contributed by atoms with Gasteiger partial charge in [0, 0.05) is 24.2 Å². The highest BCUT2D eigenvalue weighted by molar-refractivity contribution is 7.92. The van der Waals surface area contributed by atoms with E-state index in [1.165, 1.54) is 35.2 Å². The van der Waals surface area contributed by atoms with Crippen LogP contribution in [-0.4, -0.2) is 30.0 Å². The summed E-state index contributed by atoms with van der Waals surface area (Å²) in [5, 5.41) is 3.02. The van der Waals surface area contributed by atoms with Crippen molar-refractivity contribution in [3.05, 3.63) is 64.9 Å². The smallest absolute Gasteiger partial charge is 0.329 e. The predicted molar refractivity (Wildman–Crippen MR) is 110 cm³/mol. The van der Waals surface area contributed by atoms with Gasteiger partial charge < -0.3 is 8.92 Å². The van der Waals surface area contributed by atoms with Gasteiger partial charge in [-0.3, -0.25) is 0 Å². The van der Waals surface area contributed by atoms with Crippen molar-refractivity contribution in [2.24, 2.45) is 4.36 Å². The van der Waals surface area contributed by atoms with E-state index in [9.17, 15) is 30.6 Å². The monoisotopic (exact) mass is 523 g/mol. The molecule has 15 heteroatoms.